The molecule has 3 aromatic carbocycles. The van der Waals surface area contributed by atoms with Crippen molar-refractivity contribution in [2.75, 3.05) is 12.4 Å². The van der Waals surface area contributed by atoms with Gasteiger partial charge in [0.05, 0.1) is 12.0 Å². The molecule has 0 atom stereocenters. The number of nitro groups is 1. The maximum Gasteiger partial charge on any atom is 0.288 e. The Bertz CT molecular complexity index is 1410. The number of nitro benzene ring substituents is 1. The molecular formula is C27H24ClN3O5. The number of rotatable bonds is 6. The Hall–Kier alpha value is -4.17. The zero-order valence-corrected chi connectivity index (χ0v) is 20.7. The van der Waals surface area contributed by atoms with Gasteiger partial charge in [-0.25, -0.2) is 0 Å². The minimum atomic E-state index is -0.653. The Kier molecular flexibility index (Phi) is 6.81. The highest BCUT2D eigenvalue weighted by Gasteiger charge is 2.28. The van der Waals surface area contributed by atoms with Crippen LogP contribution in [0, 0.1) is 10.1 Å². The smallest absolute Gasteiger partial charge is 0.288 e. The number of hydrogen-bond donors (Lipinski definition) is 2. The van der Waals surface area contributed by atoms with Gasteiger partial charge < -0.3 is 15.4 Å². The van der Waals surface area contributed by atoms with Crippen LogP contribution >= 0.6 is 11.6 Å². The van der Waals surface area contributed by atoms with Crippen molar-refractivity contribution >= 4 is 40.4 Å². The van der Waals surface area contributed by atoms with E-state index in [2.05, 4.69) is 24.5 Å². The summed E-state index contributed by atoms with van der Waals surface area (Å²) in [7, 11) is 1.60. The van der Waals surface area contributed by atoms with Crippen molar-refractivity contribution in [3.8, 4) is 5.75 Å². The van der Waals surface area contributed by atoms with Gasteiger partial charge in [0.2, 0.25) is 0 Å². The molecule has 2 N–H and O–H groups in total. The topological polar surface area (TPSA) is 111 Å². The normalized spacial score (nSPS) is 14.9. The van der Waals surface area contributed by atoms with E-state index in [9.17, 15) is 19.7 Å². The van der Waals surface area contributed by atoms with E-state index in [0.29, 0.717) is 22.7 Å². The lowest BCUT2D eigenvalue weighted by molar-refractivity contribution is -0.384. The average molecular weight is 506 g/mol. The fraction of sp³-hybridized carbons (Fsp3) is 0.185. The van der Waals surface area contributed by atoms with Crippen molar-refractivity contribution in [3.63, 3.8) is 0 Å². The zero-order chi connectivity index (χ0) is 26.0. The number of nitrogens with one attached hydrogen (secondary N) is 2. The molecule has 8 nitrogen and oxygen atoms in total. The van der Waals surface area contributed by atoms with Crippen LogP contribution in [0.15, 0.2) is 66.7 Å². The predicted molar refractivity (Wildman–Crippen MR) is 139 cm³/mol. The molecule has 3 aromatic rings. The summed E-state index contributed by atoms with van der Waals surface area (Å²) in [5, 5.41) is 17.2. The Balaban J connectivity index is 1.60. The number of benzene rings is 3. The SMILES string of the molecule is COc1ccc2c(c1)C(=CC(=O)c1cccc(NC(=O)c3ccc(Cl)c([N+](=O)[O-])c3)c1)NC(C)(C)C2. The van der Waals surface area contributed by atoms with Crippen LogP contribution in [-0.2, 0) is 6.42 Å². The summed E-state index contributed by atoms with van der Waals surface area (Å²) in [5.41, 5.74) is 2.91. The molecule has 0 saturated carbocycles. The van der Waals surface area contributed by atoms with Crippen LogP contribution < -0.4 is 15.4 Å². The van der Waals surface area contributed by atoms with Crippen LogP contribution in [0.2, 0.25) is 5.02 Å². The quantitative estimate of drug-likeness (QED) is 0.194. The minimum Gasteiger partial charge on any atom is -0.497 e. The summed E-state index contributed by atoms with van der Waals surface area (Å²) < 4.78 is 5.36. The lowest BCUT2D eigenvalue weighted by atomic mass is 9.85. The molecule has 0 bridgehead atoms. The molecule has 36 heavy (non-hydrogen) atoms. The largest absolute Gasteiger partial charge is 0.497 e. The summed E-state index contributed by atoms with van der Waals surface area (Å²) in [6, 6.07) is 16.1. The first kappa shape index (κ1) is 24.9. The van der Waals surface area contributed by atoms with Gasteiger partial charge in [0.15, 0.2) is 5.78 Å². The highest BCUT2D eigenvalue weighted by Crippen LogP contribution is 2.32. The summed E-state index contributed by atoms with van der Waals surface area (Å²) >= 11 is 5.83. The number of ketones is 1. The standard InChI is InChI=1S/C27H24ClN3O5/c1-27(2)15-18-7-9-20(36-3)13-21(18)23(30-27)14-25(32)16-5-4-6-19(11-16)29-26(33)17-8-10-22(28)24(12-17)31(34)35/h4-14,30H,15H2,1-3H3,(H,29,33). The lowest BCUT2D eigenvalue weighted by Crippen LogP contribution is -2.43. The second-order valence-corrected chi connectivity index (χ2v) is 9.50. The van der Waals surface area contributed by atoms with Gasteiger partial charge >= 0.3 is 0 Å². The van der Waals surface area contributed by atoms with E-state index < -0.39 is 10.8 Å². The summed E-state index contributed by atoms with van der Waals surface area (Å²) in [5.74, 6) is -0.114. The third-order valence-electron chi connectivity index (χ3n) is 5.80. The van der Waals surface area contributed by atoms with E-state index in [1.54, 1.807) is 37.5 Å². The molecule has 9 heteroatoms. The molecule has 1 aliphatic heterocycles. The van der Waals surface area contributed by atoms with E-state index in [1.807, 2.05) is 18.2 Å². The highest BCUT2D eigenvalue weighted by atomic mass is 35.5. The molecule has 0 aromatic heterocycles. The van der Waals surface area contributed by atoms with E-state index in [1.165, 1.54) is 12.1 Å². The fourth-order valence-electron chi connectivity index (χ4n) is 4.12. The summed E-state index contributed by atoms with van der Waals surface area (Å²) in [6.45, 7) is 4.13. The molecule has 0 unspecified atom stereocenters. The molecule has 1 heterocycles. The Morgan fingerprint density at radius 1 is 1.11 bits per heavy atom. The van der Waals surface area contributed by atoms with Crippen LogP contribution in [0.5, 0.6) is 5.75 Å². The van der Waals surface area contributed by atoms with E-state index >= 15 is 0 Å². The number of carbonyl (C=O) groups excluding carboxylic acids is 2. The Morgan fingerprint density at radius 2 is 1.89 bits per heavy atom. The Labute approximate surface area is 213 Å². The van der Waals surface area contributed by atoms with Gasteiger partial charge in [0, 0.05) is 45.8 Å². The van der Waals surface area contributed by atoms with Gasteiger partial charge in [-0.1, -0.05) is 29.8 Å². The van der Waals surface area contributed by atoms with Crippen LogP contribution in [0.25, 0.3) is 5.70 Å². The summed E-state index contributed by atoms with van der Waals surface area (Å²) in [6.07, 6.45) is 2.34. The number of allylic oxidation sites excluding steroid dienone is 1. The number of amides is 1. The first-order valence-corrected chi connectivity index (χ1v) is 11.5. The van der Waals surface area contributed by atoms with Crippen molar-refractivity contribution < 1.29 is 19.2 Å². The van der Waals surface area contributed by atoms with Crippen LogP contribution in [0.3, 0.4) is 0 Å². The van der Waals surface area contributed by atoms with Gasteiger partial charge in [-0.05, 0) is 62.2 Å². The van der Waals surface area contributed by atoms with Gasteiger partial charge in [-0.3, -0.25) is 19.7 Å². The third-order valence-corrected chi connectivity index (χ3v) is 6.12. The highest BCUT2D eigenvalue weighted by molar-refractivity contribution is 6.32. The number of halogens is 1. The molecule has 0 fully saturated rings. The second-order valence-electron chi connectivity index (χ2n) is 9.09. The predicted octanol–water partition coefficient (Wildman–Crippen LogP) is 5.66. The number of anilines is 1. The molecule has 4 rings (SSSR count). The third kappa shape index (κ3) is 5.39. The van der Waals surface area contributed by atoms with E-state index in [-0.39, 0.29) is 27.6 Å². The number of nitrogens with zero attached hydrogens (tertiary/aromatic N) is 1. The molecular weight excluding hydrogens is 482 g/mol. The van der Waals surface area contributed by atoms with Gasteiger partial charge in [0.25, 0.3) is 11.6 Å². The average Bonchev–Trinajstić information content (AvgIpc) is 2.83. The maximum atomic E-state index is 13.2. The molecule has 0 aliphatic carbocycles. The summed E-state index contributed by atoms with van der Waals surface area (Å²) in [4.78, 5) is 36.3. The number of carbonyl (C=O) groups is 2. The first-order valence-electron chi connectivity index (χ1n) is 11.1. The number of fused-ring (bicyclic) bond motifs is 1. The lowest BCUT2D eigenvalue weighted by Gasteiger charge is -2.35. The molecule has 1 aliphatic rings. The van der Waals surface area contributed by atoms with Crippen LogP contribution in [-0.4, -0.2) is 29.3 Å². The molecule has 0 saturated heterocycles. The van der Waals surface area contributed by atoms with Gasteiger partial charge in [-0.2, -0.15) is 0 Å². The Morgan fingerprint density at radius 3 is 2.61 bits per heavy atom. The minimum absolute atomic E-state index is 0.0594. The maximum absolute atomic E-state index is 13.2. The molecule has 1 amide bonds. The van der Waals surface area contributed by atoms with Crippen molar-refractivity contribution in [1.29, 1.82) is 0 Å². The van der Waals surface area contributed by atoms with Gasteiger partial charge in [-0.15, -0.1) is 0 Å². The monoisotopic (exact) mass is 505 g/mol. The van der Waals surface area contributed by atoms with Crippen molar-refractivity contribution in [1.82, 2.24) is 5.32 Å². The molecule has 0 spiro atoms. The van der Waals surface area contributed by atoms with E-state index in [4.69, 9.17) is 16.3 Å². The first-order chi connectivity index (χ1) is 17.1. The van der Waals surface area contributed by atoms with Gasteiger partial charge in [0.1, 0.15) is 10.8 Å². The number of hydrogen-bond acceptors (Lipinski definition) is 6. The van der Waals surface area contributed by atoms with Crippen molar-refractivity contribution in [2.45, 2.75) is 25.8 Å². The van der Waals surface area contributed by atoms with Crippen LogP contribution in [0.4, 0.5) is 11.4 Å². The van der Waals surface area contributed by atoms with Crippen molar-refractivity contribution in [3.05, 3.63) is 104 Å². The molecule has 0 radical (unpaired) electrons. The second kappa shape index (κ2) is 9.83. The van der Waals surface area contributed by atoms with Crippen molar-refractivity contribution in [2.24, 2.45) is 0 Å². The number of ether oxygens (including phenoxy) is 1. The molecule has 184 valence electrons. The zero-order valence-electron chi connectivity index (χ0n) is 19.9. The number of methoxy groups -OCH3 is 1. The fourth-order valence-corrected chi connectivity index (χ4v) is 4.30. The van der Waals surface area contributed by atoms with E-state index in [0.717, 1.165) is 23.6 Å². The van der Waals surface area contributed by atoms with Crippen LogP contribution in [0.1, 0.15) is 45.7 Å².